The van der Waals surface area contributed by atoms with E-state index in [-0.39, 0.29) is 5.33 Å². The van der Waals surface area contributed by atoms with Crippen molar-refractivity contribution in [1.82, 2.24) is 0 Å². The molecule has 0 rings (SSSR count). The van der Waals surface area contributed by atoms with E-state index in [2.05, 4.69) is 53.8 Å². The summed E-state index contributed by atoms with van der Waals surface area (Å²) in [6.45, 7) is 2.24. The van der Waals surface area contributed by atoms with Gasteiger partial charge in [-0.25, -0.2) is 0 Å². The summed E-state index contributed by atoms with van der Waals surface area (Å²) in [6, 6.07) is 0. The van der Waals surface area contributed by atoms with Crippen LogP contribution in [0, 0.1) is 0 Å². The van der Waals surface area contributed by atoms with Crippen molar-refractivity contribution < 1.29 is 0 Å². The van der Waals surface area contributed by atoms with Crippen LogP contribution >= 0.6 is 52.2 Å². The molecule has 0 spiro atoms. The Bertz CT molecular complexity index is 87.8. The molecule has 0 saturated heterocycles. The van der Waals surface area contributed by atoms with Crippen LogP contribution in [0.4, 0.5) is 0 Å². The van der Waals surface area contributed by atoms with E-state index >= 15 is 0 Å². The Hall–Kier alpha value is 1.87. The third-order valence-corrected chi connectivity index (χ3v) is 7.34. The summed E-state index contributed by atoms with van der Waals surface area (Å²) in [5.41, 5.74) is 0.788. The highest BCUT2D eigenvalue weighted by atomic mass is 79.9. The first kappa shape index (κ1) is 12.9. The number of hydrogen-bond donors (Lipinski definition) is 0. The monoisotopic (exact) mass is 366 g/mol. The number of rotatable bonds is 6. The first-order valence-corrected chi connectivity index (χ1v) is 10.5. The highest BCUT2D eigenvalue weighted by Gasteiger charge is 2.13. The summed E-state index contributed by atoms with van der Waals surface area (Å²) >= 11 is 10.7. The SMILES string of the molecule is CCCCCC(CBr)P(Br)Br. The first-order valence-electron chi connectivity index (χ1n) is 3.89. The molecule has 0 fully saturated rings. The van der Waals surface area contributed by atoms with Crippen LogP contribution in [0.2, 0.25) is 0 Å². The quantitative estimate of drug-likeness (QED) is 0.333. The van der Waals surface area contributed by atoms with Gasteiger partial charge in [-0.1, -0.05) is 42.1 Å². The van der Waals surface area contributed by atoms with Crippen LogP contribution in [0.3, 0.4) is 0 Å². The van der Waals surface area contributed by atoms with Crippen molar-refractivity contribution in [2.75, 3.05) is 5.33 Å². The summed E-state index contributed by atoms with van der Waals surface area (Å²) in [4.78, 5) is 0. The van der Waals surface area contributed by atoms with Crippen molar-refractivity contribution in [2.45, 2.75) is 38.3 Å². The van der Waals surface area contributed by atoms with E-state index in [1.165, 1.54) is 25.7 Å². The predicted octanol–water partition coefficient (Wildman–Crippen LogP) is 5.43. The molecule has 0 N–H and O–H groups in total. The van der Waals surface area contributed by atoms with Crippen LogP contribution in [-0.2, 0) is 0 Å². The van der Waals surface area contributed by atoms with Gasteiger partial charge in [-0.3, -0.25) is 0 Å². The van der Waals surface area contributed by atoms with E-state index in [1.54, 1.807) is 0 Å². The zero-order valence-electron chi connectivity index (χ0n) is 6.69. The summed E-state index contributed by atoms with van der Waals surface area (Å²) in [6.07, 6.45) is 5.38. The molecule has 0 aromatic carbocycles. The summed E-state index contributed by atoms with van der Waals surface area (Å²) in [5.74, 6) is 0. The zero-order chi connectivity index (χ0) is 8.69. The lowest BCUT2D eigenvalue weighted by molar-refractivity contribution is 0.667. The van der Waals surface area contributed by atoms with Crippen LogP contribution in [-0.4, -0.2) is 11.0 Å². The maximum absolute atomic E-state index is 3.60. The Morgan fingerprint density at radius 1 is 1.27 bits per heavy atom. The van der Waals surface area contributed by atoms with E-state index < -0.39 is 0 Å². The summed E-state index contributed by atoms with van der Waals surface area (Å²) < 4.78 is 0. The third-order valence-electron chi connectivity index (χ3n) is 1.60. The second-order valence-electron chi connectivity index (χ2n) is 2.56. The number of unbranched alkanes of at least 4 members (excludes halogenated alkanes) is 2. The van der Waals surface area contributed by atoms with Crippen molar-refractivity contribution in [3.05, 3.63) is 0 Å². The van der Waals surface area contributed by atoms with Crippen molar-refractivity contribution in [3.63, 3.8) is 0 Å². The van der Waals surface area contributed by atoms with Gasteiger partial charge in [0.05, 0.1) is 0 Å². The van der Waals surface area contributed by atoms with Gasteiger partial charge in [0.1, 0.15) is 0 Å². The van der Waals surface area contributed by atoms with Crippen LogP contribution < -0.4 is 0 Å². The Morgan fingerprint density at radius 3 is 2.27 bits per heavy atom. The minimum absolute atomic E-state index is 0.102. The Balaban J connectivity index is 3.36. The Labute approximate surface area is 95.3 Å². The highest BCUT2D eigenvalue weighted by Crippen LogP contribution is 2.58. The van der Waals surface area contributed by atoms with Crippen molar-refractivity contribution in [1.29, 1.82) is 0 Å². The molecule has 0 nitrogen and oxygen atoms in total. The molecule has 68 valence electrons. The van der Waals surface area contributed by atoms with Gasteiger partial charge in [-0.15, -0.1) is 0 Å². The fourth-order valence-corrected chi connectivity index (χ4v) is 6.96. The molecule has 0 bridgehead atoms. The maximum Gasteiger partial charge on any atom is 0.0386 e. The molecule has 0 radical (unpaired) electrons. The minimum Gasteiger partial charge on any atom is -0.0921 e. The van der Waals surface area contributed by atoms with Gasteiger partial charge in [0.2, 0.25) is 0 Å². The Kier molecular flexibility index (Phi) is 9.91. The fourth-order valence-electron chi connectivity index (χ4n) is 0.857. The molecule has 1 unspecified atom stereocenters. The molecule has 0 aliphatic heterocycles. The van der Waals surface area contributed by atoms with Gasteiger partial charge in [-0.2, -0.15) is 0 Å². The van der Waals surface area contributed by atoms with Gasteiger partial charge >= 0.3 is 0 Å². The first-order chi connectivity index (χ1) is 5.22. The molecule has 0 amide bonds. The predicted molar refractivity (Wildman–Crippen MR) is 66.5 cm³/mol. The van der Waals surface area contributed by atoms with Gasteiger partial charge in [0, 0.05) is 16.3 Å². The van der Waals surface area contributed by atoms with E-state index in [0.717, 1.165) is 11.0 Å². The van der Waals surface area contributed by atoms with Gasteiger partial charge in [-0.05, 0) is 37.4 Å². The molecule has 4 heteroatoms. The maximum atomic E-state index is 3.60. The van der Waals surface area contributed by atoms with Crippen LogP contribution in [0.15, 0.2) is 0 Å². The number of halogens is 3. The Morgan fingerprint density at radius 2 is 1.91 bits per heavy atom. The smallest absolute Gasteiger partial charge is 0.0386 e. The lowest BCUT2D eigenvalue weighted by Crippen LogP contribution is -2.01. The highest BCUT2D eigenvalue weighted by molar-refractivity contribution is 9.69. The lowest BCUT2D eigenvalue weighted by atomic mass is 10.2. The van der Waals surface area contributed by atoms with Crippen LogP contribution in [0.1, 0.15) is 32.6 Å². The minimum atomic E-state index is -0.102. The molecule has 11 heavy (non-hydrogen) atoms. The molecular weight excluding hydrogens is 355 g/mol. The fraction of sp³-hybridized carbons (Fsp3) is 1.00. The van der Waals surface area contributed by atoms with Crippen LogP contribution in [0.25, 0.3) is 0 Å². The van der Waals surface area contributed by atoms with Gasteiger partial charge in [0.15, 0.2) is 0 Å². The molecule has 0 aromatic rings. The van der Waals surface area contributed by atoms with Crippen molar-refractivity contribution in [2.24, 2.45) is 0 Å². The number of hydrogen-bond acceptors (Lipinski definition) is 0. The third kappa shape index (κ3) is 6.98. The van der Waals surface area contributed by atoms with Crippen molar-refractivity contribution in [3.8, 4) is 0 Å². The summed E-state index contributed by atoms with van der Waals surface area (Å²) in [5, 5.41) is 1.01. The second kappa shape index (κ2) is 8.47. The van der Waals surface area contributed by atoms with E-state index in [4.69, 9.17) is 0 Å². The number of alkyl halides is 1. The topological polar surface area (TPSA) is 0 Å². The van der Waals surface area contributed by atoms with Crippen LogP contribution in [0.5, 0.6) is 0 Å². The summed E-state index contributed by atoms with van der Waals surface area (Å²) in [7, 11) is 0. The molecule has 0 aromatic heterocycles. The standard InChI is InChI=1S/C7H14Br3P/c1-2-3-4-5-7(6-8)11(9)10/h7H,2-6H2,1H3. The van der Waals surface area contributed by atoms with E-state index in [0.29, 0.717) is 0 Å². The molecule has 0 saturated carbocycles. The van der Waals surface area contributed by atoms with E-state index in [9.17, 15) is 0 Å². The molecular formula is C7H14Br3P. The molecule has 0 aliphatic rings. The molecule has 0 aliphatic carbocycles. The normalized spacial score (nSPS) is 13.9. The molecule has 1 atom stereocenters. The zero-order valence-corrected chi connectivity index (χ0v) is 12.3. The largest absolute Gasteiger partial charge is 0.0921 e. The average molecular weight is 369 g/mol. The molecule has 0 heterocycles. The second-order valence-corrected chi connectivity index (χ2v) is 11.9. The van der Waals surface area contributed by atoms with Crippen molar-refractivity contribution >= 4 is 52.2 Å². The van der Waals surface area contributed by atoms with E-state index in [1.807, 2.05) is 0 Å². The average Bonchev–Trinajstić information content (AvgIpc) is 1.97. The lowest BCUT2D eigenvalue weighted by Gasteiger charge is -2.14. The van der Waals surface area contributed by atoms with Gasteiger partial charge in [0.25, 0.3) is 0 Å². The van der Waals surface area contributed by atoms with Gasteiger partial charge < -0.3 is 0 Å².